The van der Waals surface area contributed by atoms with Crippen molar-refractivity contribution in [3.63, 3.8) is 0 Å². The maximum absolute atomic E-state index is 5.07. The lowest BCUT2D eigenvalue weighted by molar-refractivity contribution is 0.513. The second-order valence-corrected chi connectivity index (χ2v) is 6.92. The third-order valence-electron chi connectivity index (χ3n) is 4.48. The molecule has 0 atom stereocenters. The van der Waals surface area contributed by atoms with Crippen molar-refractivity contribution < 1.29 is 0 Å². The summed E-state index contributed by atoms with van der Waals surface area (Å²) < 4.78 is 0. The van der Waals surface area contributed by atoms with E-state index in [9.17, 15) is 0 Å². The highest BCUT2D eigenvalue weighted by molar-refractivity contribution is 6.16. The molecule has 0 saturated heterocycles. The summed E-state index contributed by atoms with van der Waals surface area (Å²) in [4.78, 5) is 9.86. The Morgan fingerprint density at radius 2 is 1.65 bits per heavy atom. The fourth-order valence-electron chi connectivity index (χ4n) is 3.43. The molecule has 0 N–H and O–H groups in total. The van der Waals surface area contributed by atoms with Gasteiger partial charge >= 0.3 is 0 Å². The van der Waals surface area contributed by atoms with E-state index in [-0.39, 0.29) is 5.54 Å². The highest BCUT2D eigenvalue weighted by atomic mass is 14.9. The fraction of sp³-hybridized carbons (Fsp3) is 0.238. The van der Waals surface area contributed by atoms with Crippen molar-refractivity contribution in [1.29, 1.82) is 0 Å². The molecule has 23 heavy (non-hydrogen) atoms. The molecule has 0 saturated carbocycles. The average molecular weight is 300 g/mol. The van der Waals surface area contributed by atoms with E-state index in [4.69, 9.17) is 9.98 Å². The van der Waals surface area contributed by atoms with E-state index in [1.54, 1.807) is 0 Å². The number of fused-ring (bicyclic) bond motifs is 2. The van der Waals surface area contributed by atoms with E-state index >= 15 is 0 Å². The first-order valence-electron chi connectivity index (χ1n) is 8.08. The molecule has 0 amide bonds. The number of aromatic nitrogens is 1. The zero-order chi connectivity index (χ0) is 16.0. The molecular formula is C21H20N2. The summed E-state index contributed by atoms with van der Waals surface area (Å²) in [5, 5.41) is 1.16. The lowest BCUT2D eigenvalue weighted by Gasteiger charge is -2.29. The quantitative estimate of drug-likeness (QED) is 0.638. The smallest absolute Gasteiger partial charge is 0.0746 e. The Morgan fingerprint density at radius 3 is 2.52 bits per heavy atom. The van der Waals surface area contributed by atoms with E-state index in [1.807, 2.05) is 6.07 Å². The first-order chi connectivity index (χ1) is 11.0. The summed E-state index contributed by atoms with van der Waals surface area (Å²) in [5.41, 5.74) is 6.83. The third kappa shape index (κ3) is 2.44. The Kier molecular flexibility index (Phi) is 3.08. The molecule has 0 aliphatic carbocycles. The highest BCUT2D eigenvalue weighted by Crippen LogP contribution is 2.30. The minimum atomic E-state index is -0.0816. The normalized spacial score (nSPS) is 16.0. The molecule has 2 heterocycles. The molecule has 0 radical (unpaired) electrons. The van der Waals surface area contributed by atoms with Gasteiger partial charge in [-0.25, -0.2) is 0 Å². The topological polar surface area (TPSA) is 25.2 Å². The Bertz CT molecular complexity index is 935. The zero-order valence-electron chi connectivity index (χ0n) is 13.8. The van der Waals surface area contributed by atoms with Crippen LogP contribution in [-0.2, 0) is 6.42 Å². The van der Waals surface area contributed by atoms with Gasteiger partial charge in [0.25, 0.3) is 0 Å². The first-order valence-corrected chi connectivity index (χ1v) is 8.08. The number of benzene rings is 2. The Hall–Kier alpha value is -2.48. The fourth-order valence-corrected chi connectivity index (χ4v) is 3.43. The number of aryl methyl sites for hydroxylation is 1. The van der Waals surface area contributed by atoms with Crippen LogP contribution in [-0.4, -0.2) is 16.2 Å². The number of para-hydroxylation sites is 1. The standard InChI is InChI=1S/C21H20N2/c1-14-18(12-15-8-5-7-11-19(15)22-14)20-17-10-6-4-9-16(17)13-21(2,3)23-20/h4-12H,13H2,1-3H3. The van der Waals surface area contributed by atoms with Gasteiger partial charge in [-0.15, -0.1) is 0 Å². The lowest BCUT2D eigenvalue weighted by atomic mass is 9.84. The van der Waals surface area contributed by atoms with Crippen molar-refractivity contribution in [1.82, 2.24) is 4.98 Å². The van der Waals surface area contributed by atoms with Crippen molar-refractivity contribution in [2.75, 3.05) is 0 Å². The maximum Gasteiger partial charge on any atom is 0.0746 e. The molecule has 4 rings (SSSR count). The Balaban J connectivity index is 1.99. The van der Waals surface area contributed by atoms with E-state index in [2.05, 4.69) is 69.3 Å². The van der Waals surface area contributed by atoms with Crippen molar-refractivity contribution in [2.24, 2.45) is 4.99 Å². The summed E-state index contributed by atoms with van der Waals surface area (Å²) in [6.07, 6.45) is 0.979. The van der Waals surface area contributed by atoms with Gasteiger partial charge in [0.2, 0.25) is 0 Å². The van der Waals surface area contributed by atoms with Gasteiger partial charge in [-0.2, -0.15) is 0 Å². The molecule has 1 aliphatic rings. The van der Waals surface area contributed by atoms with Gasteiger partial charge in [-0.3, -0.25) is 9.98 Å². The Labute approximate surface area is 136 Å². The van der Waals surface area contributed by atoms with Gasteiger partial charge in [0, 0.05) is 22.2 Å². The summed E-state index contributed by atoms with van der Waals surface area (Å²) in [7, 11) is 0. The molecule has 114 valence electrons. The minimum Gasteiger partial charge on any atom is -0.278 e. The summed E-state index contributed by atoms with van der Waals surface area (Å²) in [6, 6.07) is 19.1. The van der Waals surface area contributed by atoms with Crippen LogP contribution in [0.2, 0.25) is 0 Å². The molecular weight excluding hydrogens is 280 g/mol. The summed E-state index contributed by atoms with van der Waals surface area (Å²) in [5.74, 6) is 0. The van der Waals surface area contributed by atoms with Crippen LogP contribution in [0.5, 0.6) is 0 Å². The maximum atomic E-state index is 5.07. The molecule has 2 heteroatoms. The van der Waals surface area contributed by atoms with Gasteiger partial charge in [0.1, 0.15) is 0 Å². The number of rotatable bonds is 1. The van der Waals surface area contributed by atoms with Gasteiger partial charge < -0.3 is 0 Å². The zero-order valence-corrected chi connectivity index (χ0v) is 13.8. The second kappa shape index (κ2) is 5.02. The molecule has 0 fully saturated rings. The summed E-state index contributed by atoms with van der Waals surface area (Å²) >= 11 is 0. The van der Waals surface area contributed by atoms with Crippen LogP contribution in [0.15, 0.2) is 59.6 Å². The second-order valence-electron chi connectivity index (χ2n) is 6.92. The molecule has 2 aromatic carbocycles. The van der Waals surface area contributed by atoms with Crippen LogP contribution < -0.4 is 0 Å². The van der Waals surface area contributed by atoms with Crippen LogP contribution in [0.1, 0.15) is 36.2 Å². The minimum absolute atomic E-state index is 0.0816. The molecule has 0 unspecified atom stereocenters. The van der Waals surface area contributed by atoms with E-state index in [1.165, 1.54) is 11.1 Å². The number of nitrogens with zero attached hydrogens (tertiary/aromatic N) is 2. The van der Waals surface area contributed by atoms with Crippen molar-refractivity contribution in [2.45, 2.75) is 32.7 Å². The van der Waals surface area contributed by atoms with E-state index < -0.39 is 0 Å². The Morgan fingerprint density at radius 1 is 0.913 bits per heavy atom. The number of hydrogen-bond acceptors (Lipinski definition) is 2. The van der Waals surface area contributed by atoms with Crippen LogP contribution in [0.4, 0.5) is 0 Å². The first kappa shape index (κ1) is 14.1. The average Bonchev–Trinajstić information content (AvgIpc) is 2.52. The lowest BCUT2D eigenvalue weighted by Crippen LogP contribution is -2.29. The van der Waals surface area contributed by atoms with Crippen molar-refractivity contribution in [3.05, 3.63) is 77.0 Å². The van der Waals surface area contributed by atoms with Crippen LogP contribution in [0.25, 0.3) is 10.9 Å². The van der Waals surface area contributed by atoms with Gasteiger partial charge in [-0.05, 0) is 44.9 Å². The van der Waals surface area contributed by atoms with Crippen LogP contribution >= 0.6 is 0 Å². The van der Waals surface area contributed by atoms with E-state index in [0.717, 1.165) is 34.3 Å². The van der Waals surface area contributed by atoms with Gasteiger partial charge in [-0.1, -0.05) is 42.5 Å². The van der Waals surface area contributed by atoms with Crippen LogP contribution in [0.3, 0.4) is 0 Å². The molecule has 3 aromatic rings. The molecule has 0 bridgehead atoms. The molecule has 0 spiro atoms. The number of aliphatic imine (C=N–C) groups is 1. The highest BCUT2D eigenvalue weighted by Gasteiger charge is 2.28. The summed E-state index contributed by atoms with van der Waals surface area (Å²) in [6.45, 7) is 6.48. The van der Waals surface area contributed by atoms with E-state index in [0.29, 0.717) is 0 Å². The van der Waals surface area contributed by atoms with Gasteiger partial charge in [0.05, 0.1) is 16.8 Å². The predicted molar refractivity (Wildman–Crippen MR) is 96.3 cm³/mol. The number of hydrogen-bond donors (Lipinski definition) is 0. The van der Waals surface area contributed by atoms with Crippen molar-refractivity contribution in [3.8, 4) is 0 Å². The molecule has 1 aliphatic heterocycles. The number of pyridine rings is 1. The largest absolute Gasteiger partial charge is 0.278 e. The third-order valence-corrected chi connectivity index (χ3v) is 4.48. The predicted octanol–water partition coefficient (Wildman–Crippen LogP) is 4.72. The van der Waals surface area contributed by atoms with Crippen LogP contribution in [0, 0.1) is 6.92 Å². The molecule has 2 nitrogen and oxygen atoms in total. The monoisotopic (exact) mass is 300 g/mol. The van der Waals surface area contributed by atoms with Crippen molar-refractivity contribution >= 4 is 16.6 Å². The van der Waals surface area contributed by atoms with Gasteiger partial charge in [0.15, 0.2) is 0 Å². The SMILES string of the molecule is Cc1nc2ccccc2cc1C1=NC(C)(C)Cc2ccccc21. The molecule has 1 aromatic heterocycles.